The maximum absolute atomic E-state index is 13.4. The Hall–Kier alpha value is -2.94. The highest BCUT2D eigenvalue weighted by molar-refractivity contribution is 5.88. The third-order valence-corrected chi connectivity index (χ3v) is 6.60. The van der Waals surface area contributed by atoms with Crippen LogP contribution >= 0.6 is 0 Å². The van der Waals surface area contributed by atoms with Crippen LogP contribution in [-0.2, 0) is 22.6 Å². The number of benzene rings is 2. The molecule has 2 amide bonds. The number of ether oxygens (including phenoxy) is 1. The lowest BCUT2D eigenvalue weighted by atomic mass is 9.92. The predicted molar refractivity (Wildman–Crippen MR) is 133 cm³/mol. The molecule has 0 aliphatic carbocycles. The SMILES string of the molecule is CCOc1ccc(CCC[C@@H](C(=O)N2CCN(Cc3ccccc3)C(C)C2)[C@H](O)C(=O)NO)cc1. The standard InChI is InChI=1S/C27H37N3O5/c1-3-35-23-14-12-21(13-15-23)10-7-11-24(25(31)26(32)28-34)27(33)30-17-16-29(20(2)18-30)19-22-8-5-4-6-9-22/h4-6,8-9,12-15,20,24-25,31,34H,3,7,10-11,16-19H2,1-2H3,(H,28,32)/t20?,24-,25+/m1/s1. The molecule has 0 spiro atoms. The number of piperazine rings is 1. The maximum Gasteiger partial charge on any atom is 0.272 e. The van der Waals surface area contributed by atoms with E-state index in [2.05, 4.69) is 24.0 Å². The summed E-state index contributed by atoms with van der Waals surface area (Å²) in [5, 5.41) is 19.6. The van der Waals surface area contributed by atoms with E-state index in [-0.39, 0.29) is 11.9 Å². The summed E-state index contributed by atoms with van der Waals surface area (Å²) in [5.41, 5.74) is 3.80. The molecule has 2 aromatic carbocycles. The molecule has 1 aliphatic rings. The number of rotatable bonds is 11. The summed E-state index contributed by atoms with van der Waals surface area (Å²) >= 11 is 0. The average Bonchev–Trinajstić information content (AvgIpc) is 2.88. The van der Waals surface area contributed by atoms with Gasteiger partial charge in [0.05, 0.1) is 12.5 Å². The fourth-order valence-corrected chi connectivity index (χ4v) is 4.59. The number of hydrogen-bond acceptors (Lipinski definition) is 6. The summed E-state index contributed by atoms with van der Waals surface area (Å²) < 4.78 is 5.47. The summed E-state index contributed by atoms with van der Waals surface area (Å²) in [6.07, 6.45) is 0.0406. The van der Waals surface area contributed by atoms with Crippen LogP contribution in [0.4, 0.5) is 0 Å². The lowest BCUT2D eigenvalue weighted by Crippen LogP contribution is -2.56. The highest BCUT2D eigenvalue weighted by Crippen LogP contribution is 2.22. The van der Waals surface area contributed by atoms with E-state index in [0.717, 1.165) is 17.9 Å². The molecule has 0 bridgehead atoms. The summed E-state index contributed by atoms with van der Waals surface area (Å²) in [7, 11) is 0. The molecule has 2 aromatic rings. The molecular formula is C27H37N3O5. The molecule has 3 atom stereocenters. The first-order chi connectivity index (χ1) is 16.9. The lowest BCUT2D eigenvalue weighted by molar-refractivity contribution is -0.152. The van der Waals surface area contributed by atoms with E-state index in [1.807, 2.05) is 49.4 Å². The molecule has 3 N–H and O–H groups in total. The molecule has 35 heavy (non-hydrogen) atoms. The monoisotopic (exact) mass is 483 g/mol. The highest BCUT2D eigenvalue weighted by atomic mass is 16.5. The summed E-state index contributed by atoms with van der Waals surface area (Å²) in [6, 6.07) is 18.1. The first kappa shape index (κ1) is 26.7. The zero-order valence-electron chi connectivity index (χ0n) is 20.6. The normalized spacial score (nSPS) is 18.1. The fourth-order valence-electron chi connectivity index (χ4n) is 4.59. The second-order valence-electron chi connectivity index (χ2n) is 9.09. The molecule has 8 nitrogen and oxygen atoms in total. The molecule has 190 valence electrons. The van der Waals surface area contributed by atoms with E-state index in [1.54, 1.807) is 4.90 Å². The zero-order chi connectivity index (χ0) is 25.2. The second kappa shape index (κ2) is 13.2. The van der Waals surface area contributed by atoms with Gasteiger partial charge in [-0.15, -0.1) is 0 Å². The molecule has 0 aromatic heterocycles. The first-order valence-electron chi connectivity index (χ1n) is 12.3. The number of aryl methyl sites for hydroxylation is 1. The molecule has 1 fully saturated rings. The van der Waals surface area contributed by atoms with Gasteiger partial charge in [0.15, 0.2) is 0 Å². The number of hydrogen-bond donors (Lipinski definition) is 3. The summed E-state index contributed by atoms with van der Waals surface area (Å²) in [4.78, 5) is 29.5. The first-order valence-corrected chi connectivity index (χ1v) is 12.3. The number of carbonyl (C=O) groups is 2. The number of carbonyl (C=O) groups excluding carboxylic acids is 2. The van der Waals surface area contributed by atoms with Crippen LogP contribution in [0.3, 0.4) is 0 Å². The van der Waals surface area contributed by atoms with Crippen LogP contribution in [0.2, 0.25) is 0 Å². The van der Waals surface area contributed by atoms with E-state index in [1.165, 1.54) is 11.0 Å². The Morgan fingerprint density at radius 1 is 1.09 bits per heavy atom. The van der Waals surface area contributed by atoms with Crippen molar-refractivity contribution in [1.82, 2.24) is 15.3 Å². The number of hydroxylamine groups is 1. The van der Waals surface area contributed by atoms with E-state index in [9.17, 15) is 14.7 Å². The second-order valence-corrected chi connectivity index (χ2v) is 9.09. The van der Waals surface area contributed by atoms with Crippen LogP contribution in [0, 0.1) is 5.92 Å². The molecular weight excluding hydrogens is 446 g/mol. The number of nitrogens with one attached hydrogen (secondary N) is 1. The highest BCUT2D eigenvalue weighted by Gasteiger charge is 2.37. The van der Waals surface area contributed by atoms with Crippen molar-refractivity contribution in [3.8, 4) is 5.75 Å². The Morgan fingerprint density at radius 2 is 1.80 bits per heavy atom. The minimum Gasteiger partial charge on any atom is -0.494 e. The lowest BCUT2D eigenvalue weighted by Gasteiger charge is -2.41. The van der Waals surface area contributed by atoms with Crippen molar-refractivity contribution in [1.29, 1.82) is 0 Å². The van der Waals surface area contributed by atoms with Gasteiger partial charge in [0.1, 0.15) is 11.9 Å². The van der Waals surface area contributed by atoms with Crippen LogP contribution in [0.25, 0.3) is 0 Å². The van der Waals surface area contributed by atoms with Crippen LogP contribution in [0.1, 0.15) is 37.8 Å². The van der Waals surface area contributed by atoms with Gasteiger partial charge in [0.2, 0.25) is 5.91 Å². The van der Waals surface area contributed by atoms with E-state index in [4.69, 9.17) is 9.94 Å². The van der Waals surface area contributed by atoms with Gasteiger partial charge in [-0.1, -0.05) is 42.5 Å². The van der Waals surface area contributed by atoms with Crippen molar-refractivity contribution in [2.45, 2.75) is 51.8 Å². The third-order valence-electron chi connectivity index (χ3n) is 6.60. The Kier molecular flexibility index (Phi) is 10.1. The van der Waals surface area contributed by atoms with Crippen molar-refractivity contribution in [2.24, 2.45) is 5.92 Å². The Bertz CT molecular complexity index is 938. The molecule has 1 unspecified atom stereocenters. The molecule has 8 heteroatoms. The number of amides is 2. The van der Waals surface area contributed by atoms with Gasteiger partial charge in [-0.25, -0.2) is 5.48 Å². The molecule has 1 heterocycles. The molecule has 1 saturated heterocycles. The number of aliphatic hydroxyl groups excluding tert-OH is 1. The Morgan fingerprint density at radius 3 is 2.43 bits per heavy atom. The Balaban J connectivity index is 1.59. The molecule has 0 radical (unpaired) electrons. The minimum atomic E-state index is -1.61. The predicted octanol–water partition coefficient (Wildman–Crippen LogP) is 2.62. The maximum atomic E-state index is 13.4. The number of aliphatic hydroxyl groups is 1. The molecule has 3 rings (SSSR count). The smallest absolute Gasteiger partial charge is 0.272 e. The van der Waals surface area contributed by atoms with Crippen molar-refractivity contribution < 1.29 is 24.6 Å². The van der Waals surface area contributed by atoms with Gasteiger partial charge in [-0.3, -0.25) is 19.7 Å². The average molecular weight is 484 g/mol. The van der Waals surface area contributed by atoms with Crippen molar-refractivity contribution in [2.75, 3.05) is 26.2 Å². The van der Waals surface area contributed by atoms with Crippen LogP contribution in [-0.4, -0.2) is 70.3 Å². The molecule has 0 saturated carbocycles. The van der Waals surface area contributed by atoms with Gasteiger partial charge in [-0.2, -0.15) is 0 Å². The van der Waals surface area contributed by atoms with Crippen molar-refractivity contribution >= 4 is 11.8 Å². The van der Waals surface area contributed by atoms with E-state index < -0.39 is 17.9 Å². The van der Waals surface area contributed by atoms with E-state index >= 15 is 0 Å². The quantitative estimate of drug-likeness (QED) is 0.335. The summed E-state index contributed by atoms with van der Waals surface area (Å²) in [6.45, 7) is 7.19. The van der Waals surface area contributed by atoms with Crippen LogP contribution < -0.4 is 10.2 Å². The van der Waals surface area contributed by atoms with Crippen LogP contribution in [0.15, 0.2) is 54.6 Å². The molecule has 1 aliphatic heterocycles. The van der Waals surface area contributed by atoms with Gasteiger partial charge >= 0.3 is 0 Å². The van der Waals surface area contributed by atoms with Gasteiger partial charge in [0, 0.05) is 32.2 Å². The Labute approximate surface area is 207 Å². The fraction of sp³-hybridized carbons (Fsp3) is 0.481. The van der Waals surface area contributed by atoms with Gasteiger partial charge in [-0.05, 0) is 56.4 Å². The van der Waals surface area contributed by atoms with Crippen molar-refractivity contribution in [3.05, 3.63) is 65.7 Å². The van der Waals surface area contributed by atoms with Crippen molar-refractivity contribution in [3.63, 3.8) is 0 Å². The topological polar surface area (TPSA) is 102 Å². The van der Waals surface area contributed by atoms with E-state index in [0.29, 0.717) is 45.5 Å². The third kappa shape index (κ3) is 7.52. The van der Waals surface area contributed by atoms with Gasteiger partial charge < -0.3 is 14.7 Å². The number of nitrogens with zero attached hydrogens (tertiary/aromatic N) is 2. The summed E-state index contributed by atoms with van der Waals surface area (Å²) in [5.74, 6) is -1.32. The van der Waals surface area contributed by atoms with Crippen LogP contribution in [0.5, 0.6) is 5.75 Å². The van der Waals surface area contributed by atoms with Gasteiger partial charge in [0.25, 0.3) is 5.91 Å². The zero-order valence-corrected chi connectivity index (χ0v) is 20.6. The minimum absolute atomic E-state index is 0.140. The largest absolute Gasteiger partial charge is 0.494 e.